The fraction of sp³-hybridized carbons (Fsp3) is 0.450. The van der Waals surface area contributed by atoms with Crippen molar-refractivity contribution in [1.29, 1.82) is 0 Å². The van der Waals surface area contributed by atoms with Gasteiger partial charge in [0, 0.05) is 23.7 Å². The van der Waals surface area contributed by atoms with Crippen LogP contribution in [-0.4, -0.2) is 32.8 Å². The van der Waals surface area contributed by atoms with Crippen molar-refractivity contribution in [3.63, 3.8) is 0 Å². The summed E-state index contributed by atoms with van der Waals surface area (Å²) in [6.07, 6.45) is 5.45. The summed E-state index contributed by atoms with van der Waals surface area (Å²) in [5.41, 5.74) is -0.276. The van der Waals surface area contributed by atoms with Gasteiger partial charge in [0.25, 0.3) is 0 Å². The average molecular weight is 388 g/mol. The molecule has 1 aromatic carbocycles. The smallest absolute Gasteiger partial charge is 0.341 e. The molecule has 7 nitrogen and oxygen atoms in total. The lowest BCUT2D eigenvalue weighted by Crippen LogP contribution is -2.29. The summed E-state index contributed by atoms with van der Waals surface area (Å²) in [5, 5.41) is 21.6. The molecule has 4 rings (SSSR count). The number of nitrogens with one attached hydrogen (secondary N) is 1. The number of hydrogen-bond acceptors (Lipinski definition) is 4. The van der Waals surface area contributed by atoms with Crippen LogP contribution < -0.4 is 10.7 Å². The van der Waals surface area contributed by atoms with Crippen molar-refractivity contribution < 1.29 is 24.2 Å². The Morgan fingerprint density at radius 3 is 2.32 bits per heavy atom. The van der Waals surface area contributed by atoms with E-state index in [0.29, 0.717) is 31.2 Å². The van der Waals surface area contributed by atoms with Gasteiger partial charge in [-0.1, -0.05) is 0 Å². The Morgan fingerprint density at radius 1 is 1.07 bits per heavy atom. The van der Waals surface area contributed by atoms with Crippen LogP contribution in [0.15, 0.2) is 23.1 Å². The van der Waals surface area contributed by atoms with Crippen LogP contribution in [0, 0.1) is 11.7 Å². The zero-order valence-electron chi connectivity index (χ0n) is 15.2. The van der Waals surface area contributed by atoms with Crippen LogP contribution in [0.1, 0.15) is 54.9 Å². The van der Waals surface area contributed by atoms with Gasteiger partial charge in [0.15, 0.2) is 0 Å². The van der Waals surface area contributed by atoms with Gasteiger partial charge in [-0.15, -0.1) is 0 Å². The Labute approximate surface area is 159 Å². The zero-order chi connectivity index (χ0) is 20.0. The van der Waals surface area contributed by atoms with Crippen molar-refractivity contribution in [2.24, 2.45) is 5.92 Å². The van der Waals surface area contributed by atoms with Gasteiger partial charge in [-0.3, -0.25) is 9.59 Å². The number of hydrogen-bond donors (Lipinski definition) is 3. The minimum absolute atomic E-state index is 0.0399. The van der Waals surface area contributed by atoms with Gasteiger partial charge in [0.05, 0.1) is 17.1 Å². The molecule has 2 aromatic rings. The van der Waals surface area contributed by atoms with Crippen molar-refractivity contribution >= 4 is 28.5 Å². The Bertz CT molecular complexity index is 1020. The highest BCUT2D eigenvalue weighted by Crippen LogP contribution is 2.38. The van der Waals surface area contributed by atoms with E-state index in [-0.39, 0.29) is 34.6 Å². The number of carboxylic acid groups (broad SMARTS) is 2. The second-order valence-electron chi connectivity index (χ2n) is 7.70. The number of pyridine rings is 1. The number of benzene rings is 1. The van der Waals surface area contributed by atoms with Gasteiger partial charge in [-0.05, 0) is 50.7 Å². The molecule has 0 radical (unpaired) electrons. The summed E-state index contributed by atoms with van der Waals surface area (Å²) in [4.78, 5) is 35.0. The average Bonchev–Trinajstić information content (AvgIpc) is 3.48. The number of aliphatic carboxylic acids is 1. The third-order valence-electron chi connectivity index (χ3n) is 5.73. The molecule has 8 heteroatoms. The van der Waals surface area contributed by atoms with Crippen LogP contribution in [-0.2, 0) is 4.79 Å². The quantitative estimate of drug-likeness (QED) is 0.726. The molecule has 0 bridgehead atoms. The Kier molecular flexibility index (Phi) is 4.56. The predicted octanol–water partition coefficient (Wildman–Crippen LogP) is 3.23. The van der Waals surface area contributed by atoms with E-state index in [2.05, 4.69) is 5.32 Å². The van der Waals surface area contributed by atoms with Crippen LogP contribution in [0.25, 0.3) is 10.9 Å². The normalized spacial score (nSPS) is 22.2. The van der Waals surface area contributed by atoms with E-state index < -0.39 is 23.2 Å². The minimum atomic E-state index is -1.32. The first-order valence-corrected chi connectivity index (χ1v) is 9.46. The second-order valence-corrected chi connectivity index (χ2v) is 7.70. The van der Waals surface area contributed by atoms with Crippen molar-refractivity contribution in [2.45, 2.75) is 50.6 Å². The summed E-state index contributed by atoms with van der Waals surface area (Å²) in [6, 6.07) is 2.75. The topological polar surface area (TPSA) is 109 Å². The molecule has 1 aromatic heterocycles. The van der Waals surface area contributed by atoms with Crippen molar-refractivity contribution in [2.75, 3.05) is 5.32 Å². The Balaban J connectivity index is 1.69. The fourth-order valence-corrected chi connectivity index (χ4v) is 3.99. The number of nitrogens with zero attached hydrogens (tertiary/aromatic N) is 1. The highest BCUT2D eigenvalue weighted by molar-refractivity contribution is 5.93. The lowest BCUT2D eigenvalue weighted by molar-refractivity contribution is -0.142. The third kappa shape index (κ3) is 3.34. The Hall–Kier alpha value is -2.90. The molecule has 2 saturated carbocycles. The minimum Gasteiger partial charge on any atom is -0.481 e. The number of fused-ring (bicyclic) bond motifs is 1. The molecule has 0 saturated heterocycles. The standard InChI is InChI=1S/C20H21FN2O5/c21-15-7-13-17(23(12-5-6-12)9-14(18(13)24)20(27)28)8-16(15)22-11-3-1-10(2-4-11)19(25)26/h7-12,22H,1-6H2,(H,25,26)(H,27,28). The van der Waals surface area contributed by atoms with E-state index in [1.165, 1.54) is 6.20 Å². The summed E-state index contributed by atoms with van der Waals surface area (Å²) >= 11 is 0. The molecule has 28 heavy (non-hydrogen) atoms. The summed E-state index contributed by atoms with van der Waals surface area (Å²) in [5.74, 6) is -3.08. The van der Waals surface area contributed by atoms with Crippen LogP contribution in [0.4, 0.5) is 10.1 Å². The number of carboxylic acids is 2. The van der Waals surface area contributed by atoms with Gasteiger partial charge in [0.2, 0.25) is 5.43 Å². The van der Waals surface area contributed by atoms with Gasteiger partial charge < -0.3 is 20.1 Å². The molecule has 0 aliphatic heterocycles. The lowest BCUT2D eigenvalue weighted by Gasteiger charge is -2.28. The van der Waals surface area contributed by atoms with Crippen LogP contribution >= 0.6 is 0 Å². The predicted molar refractivity (Wildman–Crippen MR) is 100 cm³/mol. The molecule has 2 aliphatic carbocycles. The number of aromatic carboxylic acids is 1. The maximum atomic E-state index is 14.7. The van der Waals surface area contributed by atoms with Gasteiger partial charge in [-0.25, -0.2) is 9.18 Å². The highest BCUT2D eigenvalue weighted by Gasteiger charge is 2.29. The molecular formula is C20H21FN2O5. The van der Waals surface area contributed by atoms with E-state index in [1.54, 1.807) is 10.6 Å². The number of rotatable bonds is 5. The highest BCUT2D eigenvalue weighted by atomic mass is 19.1. The van der Waals surface area contributed by atoms with Crippen LogP contribution in [0.2, 0.25) is 0 Å². The van der Waals surface area contributed by atoms with E-state index in [1.807, 2.05) is 0 Å². The molecule has 3 N–H and O–H groups in total. The fourth-order valence-electron chi connectivity index (χ4n) is 3.99. The lowest BCUT2D eigenvalue weighted by atomic mass is 9.86. The maximum absolute atomic E-state index is 14.7. The first-order chi connectivity index (χ1) is 13.3. The molecule has 0 spiro atoms. The van der Waals surface area contributed by atoms with Gasteiger partial charge in [-0.2, -0.15) is 0 Å². The molecule has 0 amide bonds. The van der Waals surface area contributed by atoms with E-state index in [0.717, 1.165) is 18.9 Å². The van der Waals surface area contributed by atoms with E-state index in [4.69, 9.17) is 5.11 Å². The molecule has 0 unspecified atom stereocenters. The number of halogens is 1. The van der Waals surface area contributed by atoms with E-state index >= 15 is 0 Å². The molecule has 2 aliphatic rings. The van der Waals surface area contributed by atoms with Crippen molar-refractivity contribution in [3.8, 4) is 0 Å². The molecule has 2 fully saturated rings. The molecule has 0 atom stereocenters. The number of carbonyl (C=O) groups is 2. The maximum Gasteiger partial charge on any atom is 0.341 e. The van der Waals surface area contributed by atoms with Crippen LogP contribution in [0.3, 0.4) is 0 Å². The Morgan fingerprint density at radius 2 is 1.75 bits per heavy atom. The third-order valence-corrected chi connectivity index (χ3v) is 5.73. The second kappa shape index (κ2) is 6.92. The molecule has 148 valence electrons. The summed E-state index contributed by atoms with van der Waals surface area (Å²) < 4.78 is 16.4. The first-order valence-electron chi connectivity index (χ1n) is 9.46. The number of anilines is 1. The molecule has 1 heterocycles. The van der Waals surface area contributed by atoms with Crippen molar-refractivity contribution in [3.05, 3.63) is 39.9 Å². The van der Waals surface area contributed by atoms with Gasteiger partial charge >= 0.3 is 11.9 Å². The SMILES string of the molecule is O=C(O)c1cn(C2CC2)c2cc(NC3CCC(C(=O)O)CC3)c(F)cc2c1=O. The monoisotopic (exact) mass is 388 g/mol. The van der Waals surface area contributed by atoms with Gasteiger partial charge in [0.1, 0.15) is 11.4 Å². The zero-order valence-corrected chi connectivity index (χ0v) is 15.2. The number of aromatic nitrogens is 1. The first kappa shape index (κ1) is 18.5. The summed E-state index contributed by atoms with van der Waals surface area (Å²) in [6.45, 7) is 0. The largest absolute Gasteiger partial charge is 0.481 e. The van der Waals surface area contributed by atoms with Crippen LogP contribution in [0.5, 0.6) is 0 Å². The molecular weight excluding hydrogens is 367 g/mol. The summed E-state index contributed by atoms with van der Waals surface area (Å²) in [7, 11) is 0. The van der Waals surface area contributed by atoms with E-state index in [9.17, 15) is 23.9 Å². The van der Waals surface area contributed by atoms with Crippen molar-refractivity contribution in [1.82, 2.24) is 4.57 Å².